The number of fused-ring (bicyclic) bond motifs is 1. The van der Waals surface area contributed by atoms with Gasteiger partial charge in [0.1, 0.15) is 23.4 Å². The van der Waals surface area contributed by atoms with Crippen molar-refractivity contribution in [2.24, 2.45) is 0 Å². The number of phenolic OH excluding ortho intramolecular Hbond substituents is 2. The third-order valence-electron chi connectivity index (χ3n) is 6.40. The second-order valence-electron chi connectivity index (χ2n) is 9.01. The summed E-state index contributed by atoms with van der Waals surface area (Å²) in [6, 6.07) is 19.3. The Bertz CT molecular complexity index is 1640. The van der Waals surface area contributed by atoms with Crippen LogP contribution in [0.25, 0.3) is 0 Å². The fourth-order valence-electron chi connectivity index (χ4n) is 4.24. The average molecular weight is 557 g/mol. The van der Waals surface area contributed by atoms with Gasteiger partial charge in [0.15, 0.2) is 28.8 Å². The third-order valence-corrected chi connectivity index (χ3v) is 6.40. The molecule has 10 nitrogen and oxygen atoms in total. The summed E-state index contributed by atoms with van der Waals surface area (Å²) in [5, 5.41) is 19.5. The largest absolute Gasteiger partial charge is 0.504 e. The van der Waals surface area contributed by atoms with Crippen LogP contribution in [0, 0.1) is 0 Å². The molecule has 0 bridgehead atoms. The molecule has 1 atom stereocenters. The van der Waals surface area contributed by atoms with Crippen LogP contribution in [0.4, 0.5) is 0 Å². The maximum Gasteiger partial charge on any atom is 0.343 e. The van der Waals surface area contributed by atoms with E-state index in [1.807, 2.05) is 0 Å². The summed E-state index contributed by atoms with van der Waals surface area (Å²) < 4.78 is 27.0. The molecule has 41 heavy (non-hydrogen) atoms. The lowest BCUT2D eigenvalue weighted by Crippen LogP contribution is -2.20. The number of esters is 2. The molecule has 1 aliphatic rings. The molecule has 0 saturated carbocycles. The molecule has 2 N–H and O–H groups in total. The van der Waals surface area contributed by atoms with Gasteiger partial charge in [0.25, 0.3) is 0 Å². The monoisotopic (exact) mass is 556 g/mol. The van der Waals surface area contributed by atoms with E-state index < -0.39 is 18.0 Å². The minimum atomic E-state index is -0.683. The Morgan fingerprint density at radius 2 is 1.27 bits per heavy atom. The van der Waals surface area contributed by atoms with Crippen molar-refractivity contribution >= 4 is 17.7 Å². The predicted octanol–water partition coefficient (Wildman–Crippen LogP) is 5.26. The summed E-state index contributed by atoms with van der Waals surface area (Å²) in [6.07, 6.45) is -0.528. The maximum absolute atomic E-state index is 12.8. The molecule has 0 amide bonds. The number of Topliss-reactive ketones (excluding diaryl/α,β-unsaturated/α-hetero) is 1. The van der Waals surface area contributed by atoms with Gasteiger partial charge in [-0.05, 0) is 66.2 Å². The van der Waals surface area contributed by atoms with Gasteiger partial charge in [-0.25, -0.2) is 9.59 Å². The van der Waals surface area contributed by atoms with Gasteiger partial charge in [-0.15, -0.1) is 0 Å². The molecule has 4 aromatic rings. The zero-order valence-corrected chi connectivity index (χ0v) is 22.0. The first-order valence-electron chi connectivity index (χ1n) is 12.4. The molecule has 1 heterocycles. The SMILES string of the molecule is COc1cc(C(=O)Oc2ccc(C3CC(=O)c4ccc(OC(=O)c5ccc(O)c(OC)c5)cc4O3)cc2)ccc1O. The van der Waals surface area contributed by atoms with Crippen LogP contribution in [0.5, 0.6) is 40.2 Å². The number of carbonyl (C=O) groups excluding carboxylic acids is 3. The Labute approximate surface area is 234 Å². The van der Waals surface area contributed by atoms with Gasteiger partial charge in [0, 0.05) is 6.07 Å². The van der Waals surface area contributed by atoms with E-state index in [9.17, 15) is 24.6 Å². The Balaban J connectivity index is 1.28. The quantitative estimate of drug-likeness (QED) is 0.229. The summed E-state index contributed by atoms with van der Waals surface area (Å²) in [6.45, 7) is 0. The number of hydrogen-bond acceptors (Lipinski definition) is 10. The van der Waals surface area contributed by atoms with Crippen LogP contribution in [0.2, 0.25) is 0 Å². The normalized spacial score (nSPS) is 13.9. The highest BCUT2D eigenvalue weighted by Crippen LogP contribution is 2.38. The molecular formula is C31H24O10. The first kappa shape index (κ1) is 27.1. The molecule has 0 aliphatic carbocycles. The summed E-state index contributed by atoms with van der Waals surface area (Å²) in [4.78, 5) is 38.0. The van der Waals surface area contributed by atoms with Crippen LogP contribution in [0.15, 0.2) is 78.9 Å². The number of ketones is 1. The standard InChI is InChI=1S/C31H24O10/c1-37-28-13-18(5-11-23(28)32)30(35)39-20-7-3-17(4-8-20)26-16-25(34)22-10-9-21(15-27(22)41-26)40-31(36)19-6-12-24(33)29(14-19)38-2/h3-15,26,32-33H,16H2,1-2H3. The van der Waals surface area contributed by atoms with Gasteiger partial charge in [-0.3, -0.25) is 4.79 Å². The van der Waals surface area contributed by atoms with E-state index in [4.69, 9.17) is 23.7 Å². The first-order valence-corrected chi connectivity index (χ1v) is 12.4. The number of aromatic hydroxyl groups is 2. The predicted molar refractivity (Wildman–Crippen MR) is 144 cm³/mol. The minimum absolute atomic E-state index is 0.0892. The molecule has 0 fully saturated rings. The summed E-state index contributed by atoms with van der Waals surface area (Å²) >= 11 is 0. The molecule has 5 rings (SSSR count). The van der Waals surface area contributed by atoms with Crippen LogP contribution in [0.1, 0.15) is 49.2 Å². The van der Waals surface area contributed by atoms with Gasteiger partial charge in [-0.2, -0.15) is 0 Å². The number of methoxy groups -OCH3 is 2. The average Bonchev–Trinajstić information content (AvgIpc) is 2.97. The van der Waals surface area contributed by atoms with Crippen LogP contribution in [-0.2, 0) is 0 Å². The first-order chi connectivity index (χ1) is 19.7. The number of carbonyl (C=O) groups is 3. The second kappa shape index (κ2) is 11.3. The van der Waals surface area contributed by atoms with Crippen molar-refractivity contribution in [2.75, 3.05) is 14.2 Å². The lowest BCUT2D eigenvalue weighted by atomic mass is 9.96. The highest BCUT2D eigenvalue weighted by Gasteiger charge is 2.28. The number of benzene rings is 4. The van der Waals surface area contributed by atoms with Gasteiger partial charge in [0.05, 0.1) is 37.3 Å². The van der Waals surface area contributed by atoms with Crippen molar-refractivity contribution in [1.82, 2.24) is 0 Å². The molecule has 0 spiro atoms. The van der Waals surface area contributed by atoms with E-state index in [2.05, 4.69) is 0 Å². The summed E-state index contributed by atoms with van der Waals surface area (Å²) in [5.74, 6) is -0.697. The number of phenols is 2. The molecule has 4 aromatic carbocycles. The topological polar surface area (TPSA) is 138 Å². The Morgan fingerprint density at radius 1 is 0.732 bits per heavy atom. The van der Waals surface area contributed by atoms with Crippen LogP contribution in [0.3, 0.4) is 0 Å². The maximum atomic E-state index is 12.8. The van der Waals surface area contributed by atoms with Crippen LogP contribution < -0.4 is 23.7 Å². The van der Waals surface area contributed by atoms with Gasteiger partial charge >= 0.3 is 11.9 Å². The molecule has 1 aliphatic heterocycles. The Morgan fingerprint density at radius 3 is 1.83 bits per heavy atom. The third kappa shape index (κ3) is 5.76. The zero-order valence-electron chi connectivity index (χ0n) is 22.0. The number of ether oxygens (including phenoxy) is 5. The smallest absolute Gasteiger partial charge is 0.343 e. The van der Waals surface area contributed by atoms with E-state index in [0.29, 0.717) is 11.1 Å². The molecule has 0 radical (unpaired) electrons. The molecule has 10 heteroatoms. The molecule has 0 aromatic heterocycles. The minimum Gasteiger partial charge on any atom is -0.504 e. The summed E-state index contributed by atoms with van der Waals surface area (Å²) in [5.41, 5.74) is 1.40. The van der Waals surface area contributed by atoms with E-state index >= 15 is 0 Å². The summed E-state index contributed by atoms with van der Waals surface area (Å²) in [7, 11) is 2.75. The van der Waals surface area contributed by atoms with Gasteiger partial charge in [-0.1, -0.05) is 12.1 Å². The highest BCUT2D eigenvalue weighted by molar-refractivity contribution is 6.00. The van der Waals surface area contributed by atoms with Gasteiger partial charge in [0.2, 0.25) is 0 Å². The van der Waals surface area contributed by atoms with Crippen molar-refractivity contribution in [3.05, 3.63) is 101 Å². The van der Waals surface area contributed by atoms with Crippen molar-refractivity contribution in [3.8, 4) is 40.2 Å². The van der Waals surface area contributed by atoms with E-state index in [-0.39, 0.29) is 63.6 Å². The van der Waals surface area contributed by atoms with Crippen molar-refractivity contribution < 1.29 is 48.3 Å². The molecule has 0 saturated heterocycles. The van der Waals surface area contributed by atoms with Crippen molar-refractivity contribution in [3.63, 3.8) is 0 Å². The lowest BCUT2D eigenvalue weighted by Gasteiger charge is -2.26. The van der Waals surface area contributed by atoms with Gasteiger partial charge < -0.3 is 33.9 Å². The Kier molecular flexibility index (Phi) is 7.47. The number of hydrogen-bond donors (Lipinski definition) is 2. The highest BCUT2D eigenvalue weighted by atomic mass is 16.5. The Hall–Kier alpha value is -5.51. The fourth-order valence-corrected chi connectivity index (χ4v) is 4.24. The molecule has 1 unspecified atom stereocenters. The van der Waals surface area contributed by atoms with Crippen LogP contribution >= 0.6 is 0 Å². The van der Waals surface area contributed by atoms with E-state index in [0.717, 1.165) is 0 Å². The zero-order chi connectivity index (χ0) is 29.1. The number of rotatable bonds is 7. The van der Waals surface area contributed by atoms with Crippen molar-refractivity contribution in [2.45, 2.75) is 12.5 Å². The molecular weight excluding hydrogens is 532 g/mol. The second-order valence-corrected chi connectivity index (χ2v) is 9.01. The van der Waals surface area contributed by atoms with Crippen molar-refractivity contribution in [1.29, 1.82) is 0 Å². The van der Waals surface area contributed by atoms with Crippen LogP contribution in [-0.4, -0.2) is 42.2 Å². The lowest BCUT2D eigenvalue weighted by molar-refractivity contribution is 0.0724. The van der Waals surface area contributed by atoms with E-state index in [1.54, 1.807) is 24.3 Å². The fraction of sp³-hybridized carbons (Fsp3) is 0.129. The molecule has 208 valence electrons. The van der Waals surface area contributed by atoms with E-state index in [1.165, 1.54) is 68.8 Å².